The molecule has 0 spiro atoms. The van der Waals surface area contributed by atoms with Gasteiger partial charge in [0.1, 0.15) is 0 Å². The molecule has 1 saturated carbocycles. The van der Waals surface area contributed by atoms with E-state index in [9.17, 15) is 14.7 Å². The van der Waals surface area contributed by atoms with Gasteiger partial charge in [-0.3, -0.25) is 14.6 Å². The van der Waals surface area contributed by atoms with Crippen molar-refractivity contribution < 1.29 is 14.7 Å². The first-order valence-electron chi connectivity index (χ1n) is 8.43. The van der Waals surface area contributed by atoms with Crippen LogP contribution in [0.1, 0.15) is 24.8 Å². The molecule has 1 aliphatic heterocycles. The Balaban J connectivity index is 1.51. The fraction of sp³-hybridized carbons (Fsp3) is 0.421. The number of nitrogens with zero attached hydrogens (tertiary/aromatic N) is 2. The smallest absolute Gasteiger partial charge is 0.311 e. The van der Waals surface area contributed by atoms with Crippen molar-refractivity contribution >= 4 is 22.8 Å². The first kappa shape index (κ1) is 15.1. The molecule has 0 radical (unpaired) electrons. The van der Waals surface area contributed by atoms with Gasteiger partial charge in [0, 0.05) is 24.7 Å². The highest BCUT2D eigenvalue weighted by Crippen LogP contribution is 2.48. The molecule has 0 bridgehead atoms. The van der Waals surface area contributed by atoms with Crippen LogP contribution in [0, 0.1) is 11.3 Å². The summed E-state index contributed by atoms with van der Waals surface area (Å²) < 4.78 is 0. The lowest BCUT2D eigenvalue weighted by Crippen LogP contribution is -2.37. The Hall–Kier alpha value is -2.43. The second-order valence-electron chi connectivity index (χ2n) is 7.04. The minimum absolute atomic E-state index is 0.00195. The molecule has 1 N–H and O–H groups in total. The lowest BCUT2D eigenvalue weighted by Gasteiger charge is -2.23. The maximum Gasteiger partial charge on any atom is 0.311 e. The van der Waals surface area contributed by atoms with Gasteiger partial charge in [-0.15, -0.1) is 0 Å². The van der Waals surface area contributed by atoms with E-state index < -0.39 is 11.4 Å². The fourth-order valence-electron chi connectivity index (χ4n) is 4.33. The summed E-state index contributed by atoms with van der Waals surface area (Å²) in [6, 6.07) is 9.81. The molecule has 0 unspecified atom stereocenters. The number of para-hydroxylation sites is 1. The van der Waals surface area contributed by atoms with Gasteiger partial charge in [-0.2, -0.15) is 0 Å². The van der Waals surface area contributed by atoms with Gasteiger partial charge in [0.2, 0.25) is 5.91 Å². The monoisotopic (exact) mass is 324 g/mol. The van der Waals surface area contributed by atoms with Gasteiger partial charge < -0.3 is 10.0 Å². The molecule has 5 heteroatoms. The number of carbonyl (C=O) groups excluding carboxylic acids is 1. The number of rotatable bonds is 3. The molecule has 5 nitrogen and oxygen atoms in total. The van der Waals surface area contributed by atoms with E-state index in [-0.39, 0.29) is 18.2 Å². The summed E-state index contributed by atoms with van der Waals surface area (Å²) in [5.74, 6) is -0.636. The fourth-order valence-corrected chi connectivity index (χ4v) is 4.33. The van der Waals surface area contributed by atoms with Crippen LogP contribution in [-0.2, 0) is 16.0 Å². The largest absolute Gasteiger partial charge is 0.481 e. The molecule has 2 aliphatic rings. The first-order chi connectivity index (χ1) is 11.6. The average molecular weight is 324 g/mol. The van der Waals surface area contributed by atoms with E-state index in [4.69, 9.17) is 0 Å². The van der Waals surface area contributed by atoms with Gasteiger partial charge in [0.15, 0.2) is 0 Å². The van der Waals surface area contributed by atoms with Crippen molar-refractivity contribution in [3.05, 3.63) is 42.1 Å². The minimum Gasteiger partial charge on any atom is -0.481 e. The van der Waals surface area contributed by atoms with Crippen molar-refractivity contribution in [3.63, 3.8) is 0 Å². The zero-order chi connectivity index (χ0) is 16.7. The van der Waals surface area contributed by atoms with Gasteiger partial charge in [-0.25, -0.2) is 0 Å². The molecule has 1 amide bonds. The number of fused-ring (bicyclic) bond motifs is 2. The number of pyridine rings is 1. The number of benzene rings is 1. The lowest BCUT2D eigenvalue weighted by atomic mass is 9.81. The van der Waals surface area contributed by atoms with Crippen molar-refractivity contribution in [1.82, 2.24) is 9.88 Å². The second kappa shape index (κ2) is 5.58. The van der Waals surface area contributed by atoms with Crippen molar-refractivity contribution in [2.24, 2.45) is 11.3 Å². The molecule has 2 heterocycles. The summed E-state index contributed by atoms with van der Waals surface area (Å²) in [4.78, 5) is 30.5. The molecule has 1 aromatic carbocycles. The maximum absolute atomic E-state index is 12.7. The van der Waals surface area contributed by atoms with E-state index >= 15 is 0 Å². The summed E-state index contributed by atoms with van der Waals surface area (Å²) in [5, 5.41) is 10.7. The van der Waals surface area contributed by atoms with E-state index in [1.165, 1.54) is 0 Å². The van der Waals surface area contributed by atoms with Crippen molar-refractivity contribution in [2.75, 3.05) is 13.1 Å². The van der Waals surface area contributed by atoms with E-state index in [0.29, 0.717) is 19.5 Å². The van der Waals surface area contributed by atoms with Gasteiger partial charge in [-0.05, 0) is 36.5 Å². The Morgan fingerprint density at radius 2 is 2.17 bits per heavy atom. The number of carboxylic acids is 1. The Labute approximate surface area is 140 Å². The summed E-state index contributed by atoms with van der Waals surface area (Å²) in [6.45, 7) is 0.930. The van der Waals surface area contributed by atoms with E-state index in [1.54, 1.807) is 11.1 Å². The highest BCUT2D eigenvalue weighted by Gasteiger charge is 2.55. The number of hydrogen-bond donors (Lipinski definition) is 1. The minimum atomic E-state index is -0.743. The number of carboxylic acid groups (broad SMARTS) is 1. The molecule has 1 aliphatic carbocycles. The SMILES string of the molecule is O=C(Cc1cnc2ccccc2c1)N1C[C@@H]2CCC[C@@]2(C(=O)O)C1. The third-order valence-corrected chi connectivity index (χ3v) is 5.65. The van der Waals surface area contributed by atoms with E-state index in [0.717, 1.165) is 29.3 Å². The highest BCUT2D eigenvalue weighted by atomic mass is 16.4. The summed E-state index contributed by atoms with van der Waals surface area (Å²) >= 11 is 0. The number of likely N-dealkylation sites (tertiary alicyclic amines) is 1. The van der Waals surface area contributed by atoms with Crippen LogP contribution in [0.3, 0.4) is 0 Å². The zero-order valence-electron chi connectivity index (χ0n) is 13.4. The van der Waals surface area contributed by atoms with Gasteiger partial charge in [-0.1, -0.05) is 24.6 Å². The summed E-state index contributed by atoms with van der Waals surface area (Å²) in [6.07, 6.45) is 4.57. The average Bonchev–Trinajstić information content (AvgIpc) is 3.13. The standard InChI is InChI=1S/C19H20N2O3/c22-17(9-13-8-14-4-1-2-6-16(14)20-10-13)21-11-15-5-3-7-19(15,12-21)18(23)24/h1-2,4,6,8,10,15H,3,5,7,9,11-12H2,(H,23,24)/t15-,19+/m0/s1. The Kier molecular flexibility index (Phi) is 3.52. The summed E-state index contributed by atoms with van der Waals surface area (Å²) in [7, 11) is 0. The van der Waals surface area contributed by atoms with Crippen LogP contribution in [-0.4, -0.2) is 40.0 Å². The normalized spacial score (nSPS) is 25.8. The van der Waals surface area contributed by atoms with E-state index in [1.807, 2.05) is 30.3 Å². The molecular weight excluding hydrogens is 304 g/mol. The molecular formula is C19H20N2O3. The molecule has 1 saturated heterocycles. The van der Waals surface area contributed by atoms with Crippen LogP contribution in [0.2, 0.25) is 0 Å². The predicted molar refractivity (Wildman–Crippen MR) is 89.4 cm³/mol. The maximum atomic E-state index is 12.7. The van der Waals surface area contributed by atoms with E-state index in [2.05, 4.69) is 4.98 Å². The van der Waals surface area contributed by atoms with Gasteiger partial charge in [0.25, 0.3) is 0 Å². The molecule has 124 valence electrons. The zero-order valence-corrected chi connectivity index (χ0v) is 13.4. The van der Waals surface area contributed by atoms with Gasteiger partial charge >= 0.3 is 5.97 Å². The quantitative estimate of drug-likeness (QED) is 0.941. The van der Waals surface area contributed by atoms with Crippen molar-refractivity contribution in [2.45, 2.75) is 25.7 Å². The molecule has 4 rings (SSSR count). The van der Waals surface area contributed by atoms with Crippen molar-refractivity contribution in [1.29, 1.82) is 0 Å². The highest BCUT2D eigenvalue weighted by molar-refractivity contribution is 5.84. The number of carbonyl (C=O) groups is 2. The van der Waals surface area contributed by atoms with Crippen molar-refractivity contribution in [3.8, 4) is 0 Å². The second-order valence-corrected chi connectivity index (χ2v) is 7.04. The molecule has 2 fully saturated rings. The molecule has 1 aromatic heterocycles. The van der Waals surface area contributed by atoms with Gasteiger partial charge in [0.05, 0.1) is 17.4 Å². The third-order valence-electron chi connectivity index (χ3n) is 5.65. The predicted octanol–water partition coefficient (Wildman–Crippen LogP) is 2.49. The Morgan fingerprint density at radius 3 is 2.96 bits per heavy atom. The Morgan fingerprint density at radius 1 is 1.33 bits per heavy atom. The molecule has 24 heavy (non-hydrogen) atoms. The number of amides is 1. The van der Waals surface area contributed by atoms with Crippen LogP contribution in [0.4, 0.5) is 0 Å². The van der Waals surface area contributed by atoms with Crippen LogP contribution < -0.4 is 0 Å². The number of aliphatic carboxylic acids is 1. The van der Waals surface area contributed by atoms with Crippen LogP contribution in [0.25, 0.3) is 10.9 Å². The molecule has 2 aromatic rings. The summed E-state index contributed by atoms with van der Waals surface area (Å²) in [5.41, 5.74) is 1.08. The third kappa shape index (κ3) is 2.35. The topological polar surface area (TPSA) is 70.5 Å². The Bertz CT molecular complexity index is 819. The number of aromatic nitrogens is 1. The first-order valence-corrected chi connectivity index (χ1v) is 8.43. The van der Waals surface area contributed by atoms with Crippen LogP contribution in [0.15, 0.2) is 36.5 Å². The van der Waals surface area contributed by atoms with Crippen LogP contribution >= 0.6 is 0 Å². The number of hydrogen-bond acceptors (Lipinski definition) is 3. The lowest BCUT2D eigenvalue weighted by molar-refractivity contribution is -0.149. The molecule has 2 atom stereocenters. The van der Waals surface area contributed by atoms with Crippen LogP contribution in [0.5, 0.6) is 0 Å².